The van der Waals surface area contributed by atoms with Crippen LogP contribution in [0.5, 0.6) is 0 Å². The number of carbonyl (C=O) groups is 2. The Morgan fingerprint density at radius 2 is 2.19 bits per heavy atom. The van der Waals surface area contributed by atoms with Crippen molar-refractivity contribution in [2.24, 2.45) is 0 Å². The molecular weight excluding hydrogens is 280 g/mol. The fourth-order valence-corrected chi connectivity index (χ4v) is 1.44. The van der Waals surface area contributed by atoms with E-state index >= 15 is 0 Å². The van der Waals surface area contributed by atoms with Crippen molar-refractivity contribution in [1.29, 1.82) is 0 Å². The van der Waals surface area contributed by atoms with Crippen LogP contribution in [0, 0.1) is 0 Å². The predicted molar refractivity (Wildman–Crippen MR) is 59.4 cm³/mol. The van der Waals surface area contributed by atoms with Crippen LogP contribution < -0.4 is 5.56 Å². The van der Waals surface area contributed by atoms with Crippen LogP contribution in [0.15, 0.2) is 21.5 Å². The van der Waals surface area contributed by atoms with E-state index in [1.54, 1.807) is 0 Å². The van der Waals surface area contributed by atoms with Crippen molar-refractivity contribution in [3.05, 3.63) is 32.7 Å². The topological polar surface area (TPSA) is 90.5 Å². The van der Waals surface area contributed by atoms with Gasteiger partial charge in [0.15, 0.2) is 0 Å². The van der Waals surface area contributed by atoms with Crippen molar-refractivity contribution in [3.63, 3.8) is 0 Å². The molecule has 2 N–H and O–H groups in total. The average Bonchev–Trinajstić information content (AvgIpc) is 2.20. The van der Waals surface area contributed by atoms with E-state index in [-0.39, 0.29) is 15.6 Å². The highest BCUT2D eigenvalue weighted by Crippen LogP contribution is 2.07. The number of carboxylic acid groups (broad SMARTS) is 1. The second kappa shape index (κ2) is 4.93. The molecule has 1 heterocycles. The lowest BCUT2D eigenvalue weighted by atomic mass is 10.2. The first kappa shape index (κ1) is 12.4. The quantitative estimate of drug-likeness (QED) is 0.837. The molecule has 0 aliphatic rings. The molecule has 1 rings (SSSR count). The molecule has 0 saturated heterocycles. The maximum Gasteiger partial charge on any atom is 0.323 e. The van der Waals surface area contributed by atoms with E-state index in [0.29, 0.717) is 0 Å². The number of aromatic nitrogens is 1. The van der Waals surface area contributed by atoms with Gasteiger partial charge in [0.05, 0.1) is 10.0 Å². The van der Waals surface area contributed by atoms with Crippen molar-refractivity contribution < 1.29 is 14.7 Å². The van der Waals surface area contributed by atoms with Crippen molar-refractivity contribution >= 4 is 27.8 Å². The lowest BCUT2D eigenvalue weighted by Gasteiger charge is -2.14. The number of aliphatic carboxylic acids is 1. The Bertz CT molecular complexity index is 483. The Hall–Kier alpha value is -1.63. The van der Waals surface area contributed by atoms with Crippen LogP contribution in [0.1, 0.15) is 10.4 Å². The number of carboxylic acids is 1. The van der Waals surface area contributed by atoms with E-state index in [2.05, 4.69) is 20.9 Å². The number of carbonyl (C=O) groups excluding carboxylic acids is 1. The first-order valence-electron chi connectivity index (χ1n) is 4.27. The maximum atomic E-state index is 11.7. The van der Waals surface area contributed by atoms with Gasteiger partial charge in [-0.05, 0) is 22.0 Å². The number of likely N-dealkylation sites (N-methyl/N-ethyl adjacent to an activating group) is 1. The van der Waals surface area contributed by atoms with E-state index < -0.39 is 18.4 Å². The van der Waals surface area contributed by atoms with E-state index in [4.69, 9.17) is 5.11 Å². The molecular formula is C9H9BrN2O4. The highest BCUT2D eigenvalue weighted by molar-refractivity contribution is 9.10. The highest BCUT2D eigenvalue weighted by Gasteiger charge is 2.15. The number of H-pyrrole nitrogens is 1. The smallest absolute Gasteiger partial charge is 0.323 e. The molecule has 0 saturated carbocycles. The Morgan fingerprint density at radius 1 is 1.56 bits per heavy atom. The number of nitrogens with zero attached hydrogens (tertiary/aromatic N) is 1. The molecule has 0 aromatic carbocycles. The second-order valence-electron chi connectivity index (χ2n) is 3.12. The first-order chi connectivity index (χ1) is 7.41. The molecule has 86 valence electrons. The number of halogens is 1. The molecule has 0 bridgehead atoms. The first-order valence-corrected chi connectivity index (χ1v) is 5.06. The zero-order valence-electron chi connectivity index (χ0n) is 8.36. The Morgan fingerprint density at radius 3 is 2.69 bits per heavy atom. The molecule has 6 nitrogen and oxygen atoms in total. The summed E-state index contributed by atoms with van der Waals surface area (Å²) >= 11 is 2.98. The van der Waals surface area contributed by atoms with Gasteiger partial charge in [-0.3, -0.25) is 14.4 Å². The number of hydrogen-bond donors (Lipinski definition) is 2. The van der Waals surface area contributed by atoms with Gasteiger partial charge in [0.25, 0.3) is 11.5 Å². The Labute approximate surface area is 99.0 Å². The Balaban J connectivity index is 2.92. The molecule has 0 radical (unpaired) electrons. The largest absolute Gasteiger partial charge is 0.480 e. The van der Waals surface area contributed by atoms with E-state index in [1.165, 1.54) is 19.3 Å². The van der Waals surface area contributed by atoms with Gasteiger partial charge in [-0.2, -0.15) is 0 Å². The molecule has 0 fully saturated rings. The SMILES string of the molecule is CN(CC(=O)O)C(=O)c1c[nH]c(=O)c(Br)c1. The monoisotopic (exact) mass is 288 g/mol. The number of rotatable bonds is 3. The number of nitrogens with one attached hydrogen (secondary N) is 1. The molecule has 16 heavy (non-hydrogen) atoms. The third-order valence-electron chi connectivity index (χ3n) is 1.82. The summed E-state index contributed by atoms with van der Waals surface area (Å²) in [5, 5.41) is 8.52. The van der Waals surface area contributed by atoms with Crippen LogP contribution in [0.25, 0.3) is 0 Å². The summed E-state index contributed by atoms with van der Waals surface area (Å²) in [4.78, 5) is 36.5. The summed E-state index contributed by atoms with van der Waals surface area (Å²) in [6, 6.07) is 1.35. The highest BCUT2D eigenvalue weighted by atomic mass is 79.9. The number of pyridine rings is 1. The molecule has 1 amide bonds. The van der Waals surface area contributed by atoms with Crippen LogP contribution in [0.3, 0.4) is 0 Å². The predicted octanol–water partition coefficient (Wildman–Crippen LogP) is 0.294. The number of aromatic amines is 1. The zero-order valence-corrected chi connectivity index (χ0v) is 9.94. The van der Waals surface area contributed by atoms with Gasteiger partial charge >= 0.3 is 5.97 Å². The minimum Gasteiger partial charge on any atom is -0.480 e. The standard InChI is InChI=1S/C9H9BrN2O4/c1-12(4-7(13)14)9(16)5-2-6(10)8(15)11-3-5/h2-3H,4H2,1H3,(H,11,15)(H,13,14). The van der Waals surface area contributed by atoms with Crippen LogP contribution >= 0.6 is 15.9 Å². The van der Waals surface area contributed by atoms with E-state index in [9.17, 15) is 14.4 Å². The van der Waals surface area contributed by atoms with Gasteiger partial charge in [0.2, 0.25) is 0 Å². The molecule has 1 aromatic rings. The molecule has 0 unspecified atom stereocenters. The van der Waals surface area contributed by atoms with Crippen LogP contribution in [0.2, 0.25) is 0 Å². The van der Waals surface area contributed by atoms with Gasteiger partial charge in [0, 0.05) is 13.2 Å². The summed E-state index contributed by atoms with van der Waals surface area (Å²) in [5.74, 6) is -1.57. The summed E-state index contributed by atoms with van der Waals surface area (Å²) in [6.07, 6.45) is 1.24. The van der Waals surface area contributed by atoms with E-state index in [1.807, 2.05) is 0 Å². The lowest BCUT2D eigenvalue weighted by molar-refractivity contribution is -0.137. The van der Waals surface area contributed by atoms with Crippen molar-refractivity contribution in [2.45, 2.75) is 0 Å². The summed E-state index contributed by atoms with van der Waals surface area (Å²) in [7, 11) is 1.37. The van der Waals surface area contributed by atoms with E-state index in [0.717, 1.165) is 4.90 Å². The summed E-state index contributed by atoms with van der Waals surface area (Å²) < 4.78 is 0.224. The fourth-order valence-electron chi connectivity index (χ4n) is 1.07. The minimum atomic E-state index is -1.10. The molecule has 1 aromatic heterocycles. The van der Waals surface area contributed by atoms with Crippen LogP contribution in [-0.4, -0.2) is 40.5 Å². The summed E-state index contributed by atoms with van der Waals surface area (Å²) in [5.41, 5.74) is -0.132. The number of hydrogen-bond acceptors (Lipinski definition) is 3. The van der Waals surface area contributed by atoms with Gasteiger partial charge in [-0.1, -0.05) is 0 Å². The summed E-state index contributed by atoms with van der Waals surface area (Å²) in [6.45, 7) is -0.393. The van der Waals surface area contributed by atoms with Gasteiger partial charge in [0.1, 0.15) is 6.54 Å². The average molecular weight is 289 g/mol. The normalized spacial score (nSPS) is 9.88. The molecule has 7 heteroatoms. The third-order valence-corrected chi connectivity index (χ3v) is 2.41. The second-order valence-corrected chi connectivity index (χ2v) is 3.97. The minimum absolute atomic E-state index is 0.218. The van der Waals surface area contributed by atoms with Crippen molar-refractivity contribution in [2.75, 3.05) is 13.6 Å². The van der Waals surface area contributed by atoms with Gasteiger partial charge < -0.3 is 15.0 Å². The van der Waals surface area contributed by atoms with Crippen LogP contribution in [-0.2, 0) is 4.79 Å². The molecule has 0 atom stereocenters. The Kier molecular flexibility index (Phi) is 3.83. The van der Waals surface area contributed by atoms with Crippen molar-refractivity contribution in [3.8, 4) is 0 Å². The molecule has 0 aliphatic heterocycles. The maximum absolute atomic E-state index is 11.7. The molecule has 0 spiro atoms. The lowest BCUT2D eigenvalue weighted by Crippen LogP contribution is -2.32. The fraction of sp³-hybridized carbons (Fsp3) is 0.222. The zero-order chi connectivity index (χ0) is 12.3. The third kappa shape index (κ3) is 2.93. The van der Waals surface area contributed by atoms with Gasteiger partial charge in [-0.15, -0.1) is 0 Å². The van der Waals surface area contributed by atoms with Crippen molar-refractivity contribution in [1.82, 2.24) is 9.88 Å². The van der Waals surface area contributed by atoms with Gasteiger partial charge in [-0.25, -0.2) is 0 Å². The number of amides is 1. The van der Waals surface area contributed by atoms with Crippen LogP contribution in [0.4, 0.5) is 0 Å². The molecule has 0 aliphatic carbocycles.